The molecule has 1 fully saturated rings. The van der Waals surface area contributed by atoms with Gasteiger partial charge >= 0.3 is 5.97 Å². The minimum absolute atomic E-state index is 0.216. The van der Waals surface area contributed by atoms with Gasteiger partial charge in [-0.25, -0.2) is 9.78 Å². The van der Waals surface area contributed by atoms with Gasteiger partial charge in [-0.2, -0.15) is 0 Å². The maximum atomic E-state index is 11.3. The van der Waals surface area contributed by atoms with Gasteiger partial charge in [-0.15, -0.1) is 0 Å². The molecule has 0 atom stereocenters. The van der Waals surface area contributed by atoms with Crippen molar-refractivity contribution in [2.45, 2.75) is 25.7 Å². The second-order valence-corrected chi connectivity index (χ2v) is 5.50. The molecule has 1 aromatic heterocycles. The second kappa shape index (κ2) is 5.69. The van der Waals surface area contributed by atoms with Crippen LogP contribution >= 0.6 is 22.9 Å². The molecule has 0 radical (unpaired) electrons. The first-order valence-corrected chi connectivity index (χ1v) is 6.88. The number of rotatable bonds is 5. The first-order chi connectivity index (χ1) is 8.20. The molecule has 4 nitrogen and oxygen atoms in total. The Labute approximate surface area is 109 Å². The molecule has 2 rings (SSSR count). The molecule has 1 saturated carbocycles. The van der Waals surface area contributed by atoms with Crippen molar-refractivity contribution in [3.63, 3.8) is 0 Å². The molecule has 1 aliphatic rings. The maximum absolute atomic E-state index is 11.3. The van der Waals surface area contributed by atoms with Crippen molar-refractivity contribution < 1.29 is 9.53 Å². The van der Waals surface area contributed by atoms with Crippen LogP contribution in [0, 0.1) is 5.92 Å². The molecular weight excluding hydrogens is 260 g/mol. The molecule has 1 aromatic rings. The standard InChI is InChI=1S/C11H15ClN2O2S/c1-16-10(15)8-9(12)14-11(17-8)13-6-5-7-3-2-4-7/h7H,2-6H2,1H3,(H,13,14). The molecule has 0 unspecified atom stereocenters. The Hall–Kier alpha value is -0.810. The summed E-state index contributed by atoms with van der Waals surface area (Å²) in [7, 11) is 1.34. The van der Waals surface area contributed by atoms with Crippen LogP contribution in [0.25, 0.3) is 0 Å². The van der Waals surface area contributed by atoms with Crippen molar-refractivity contribution >= 4 is 34.0 Å². The van der Waals surface area contributed by atoms with Crippen molar-refractivity contribution in [2.24, 2.45) is 5.92 Å². The zero-order valence-corrected chi connectivity index (χ0v) is 11.2. The first-order valence-electron chi connectivity index (χ1n) is 5.69. The molecule has 1 aliphatic carbocycles. The molecule has 17 heavy (non-hydrogen) atoms. The molecule has 94 valence electrons. The lowest BCUT2D eigenvalue weighted by molar-refractivity contribution is 0.0606. The number of aromatic nitrogens is 1. The van der Waals surface area contributed by atoms with Gasteiger partial charge in [0.1, 0.15) is 0 Å². The first kappa shape index (κ1) is 12.6. The van der Waals surface area contributed by atoms with Crippen LogP contribution in [0.1, 0.15) is 35.4 Å². The summed E-state index contributed by atoms with van der Waals surface area (Å²) in [6.45, 7) is 0.884. The number of hydrogen-bond acceptors (Lipinski definition) is 5. The number of ether oxygens (including phenoxy) is 1. The fraction of sp³-hybridized carbons (Fsp3) is 0.636. The van der Waals surface area contributed by atoms with E-state index in [-0.39, 0.29) is 5.15 Å². The van der Waals surface area contributed by atoms with Crippen molar-refractivity contribution in [2.75, 3.05) is 19.0 Å². The highest BCUT2D eigenvalue weighted by Crippen LogP contribution is 2.30. The number of esters is 1. The van der Waals surface area contributed by atoms with Crippen LogP contribution in [0.4, 0.5) is 5.13 Å². The Bertz CT molecular complexity index is 404. The van der Waals surface area contributed by atoms with Gasteiger partial charge in [-0.3, -0.25) is 0 Å². The summed E-state index contributed by atoms with van der Waals surface area (Å²) in [6.07, 6.45) is 5.20. The lowest BCUT2D eigenvalue weighted by Gasteiger charge is -2.24. The van der Waals surface area contributed by atoms with E-state index in [2.05, 4.69) is 15.0 Å². The topological polar surface area (TPSA) is 51.2 Å². The van der Waals surface area contributed by atoms with E-state index < -0.39 is 5.97 Å². The van der Waals surface area contributed by atoms with Crippen LogP contribution in [0.3, 0.4) is 0 Å². The van der Waals surface area contributed by atoms with Gasteiger partial charge in [0.05, 0.1) is 7.11 Å². The van der Waals surface area contributed by atoms with Gasteiger partial charge in [0.2, 0.25) is 0 Å². The molecule has 0 amide bonds. The molecule has 0 saturated heterocycles. The average molecular weight is 275 g/mol. The number of halogens is 1. The third-order valence-electron chi connectivity index (χ3n) is 3.01. The third-order valence-corrected chi connectivity index (χ3v) is 4.39. The molecular formula is C11H15ClN2O2S. The van der Waals surface area contributed by atoms with Crippen molar-refractivity contribution in [3.05, 3.63) is 10.0 Å². The van der Waals surface area contributed by atoms with Crippen LogP contribution < -0.4 is 5.32 Å². The maximum Gasteiger partial charge on any atom is 0.351 e. The van der Waals surface area contributed by atoms with Crippen LogP contribution in [0.2, 0.25) is 5.15 Å². The number of nitrogens with zero attached hydrogens (tertiary/aromatic N) is 1. The smallest absolute Gasteiger partial charge is 0.351 e. The fourth-order valence-corrected chi connectivity index (χ4v) is 2.89. The van der Waals surface area contributed by atoms with E-state index in [1.165, 1.54) is 37.7 Å². The average Bonchev–Trinajstić information content (AvgIpc) is 2.62. The van der Waals surface area contributed by atoms with E-state index in [1.807, 2.05) is 0 Å². The number of thiazole rings is 1. The van der Waals surface area contributed by atoms with Crippen LogP contribution in [0.5, 0.6) is 0 Å². The molecule has 1 N–H and O–H groups in total. The van der Waals surface area contributed by atoms with E-state index in [0.29, 0.717) is 10.0 Å². The molecule has 6 heteroatoms. The monoisotopic (exact) mass is 274 g/mol. The van der Waals surface area contributed by atoms with Crippen LogP contribution in [-0.4, -0.2) is 24.6 Å². The summed E-state index contributed by atoms with van der Waals surface area (Å²) in [6, 6.07) is 0. The second-order valence-electron chi connectivity index (χ2n) is 4.14. The summed E-state index contributed by atoms with van der Waals surface area (Å²) in [4.78, 5) is 15.8. The van der Waals surface area contributed by atoms with Gasteiger partial charge in [-0.05, 0) is 12.3 Å². The molecule has 0 aromatic carbocycles. The number of anilines is 1. The van der Waals surface area contributed by atoms with Gasteiger partial charge < -0.3 is 10.1 Å². The Morgan fingerprint density at radius 2 is 2.41 bits per heavy atom. The quantitative estimate of drug-likeness (QED) is 0.838. The van der Waals surface area contributed by atoms with E-state index in [0.717, 1.165) is 18.9 Å². The van der Waals surface area contributed by atoms with E-state index in [9.17, 15) is 4.79 Å². The highest BCUT2D eigenvalue weighted by atomic mass is 35.5. The summed E-state index contributed by atoms with van der Waals surface area (Å²) in [5.74, 6) is 0.428. The number of carbonyl (C=O) groups is 1. The third kappa shape index (κ3) is 3.10. The van der Waals surface area contributed by atoms with Crippen molar-refractivity contribution in [1.29, 1.82) is 0 Å². The Morgan fingerprint density at radius 3 is 3.00 bits per heavy atom. The lowest BCUT2D eigenvalue weighted by Crippen LogP contribution is -2.15. The molecule has 0 aliphatic heterocycles. The largest absolute Gasteiger partial charge is 0.465 e. The summed E-state index contributed by atoms with van der Waals surface area (Å²) in [5, 5.41) is 4.10. The Balaban J connectivity index is 1.85. The zero-order chi connectivity index (χ0) is 12.3. The number of hydrogen-bond donors (Lipinski definition) is 1. The van der Waals surface area contributed by atoms with Crippen LogP contribution in [-0.2, 0) is 4.74 Å². The Morgan fingerprint density at radius 1 is 1.65 bits per heavy atom. The van der Waals surface area contributed by atoms with E-state index in [4.69, 9.17) is 11.6 Å². The highest BCUT2D eigenvalue weighted by Gasteiger charge is 2.19. The minimum atomic E-state index is -0.431. The lowest BCUT2D eigenvalue weighted by atomic mass is 9.83. The van der Waals surface area contributed by atoms with E-state index in [1.54, 1.807) is 0 Å². The molecule has 0 bridgehead atoms. The summed E-state index contributed by atoms with van der Waals surface area (Å²) >= 11 is 7.10. The number of methoxy groups -OCH3 is 1. The number of nitrogens with one attached hydrogen (secondary N) is 1. The van der Waals surface area contributed by atoms with Crippen molar-refractivity contribution in [3.8, 4) is 0 Å². The van der Waals surface area contributed by atoms with Gasteiger partial charge in [0, 0.05) is 6.54 Å². The van der Waals surface area contributed by atoms with Gasteiger partial charge in [-0.1, -0.05) is 42.2 Å². The van der Waals surface area contributed by atoms with Gasteiger partial charge in [0.15, 0.2) is 15.2 Å². The number of carbonyl (C=O) groups excluding carboxylic acids is 1. The zero-order valence-electron chi connectivity index (χ0n) is 9.66. The SMILES string of the molecule is COC(=O)c1sc(NCCC2CCC2)nc1Cl. The predicted octanol–water partition coefficient (Wildman–Crippen LogP) is 3.19. The Kier molecular flexibility index (Phi) is 4.23. The highest BCUT2D eigenvalue weighted by molar-refractivity contribution is 7.18. The minimum Gasteiger partial charge on any atom is -0.465 e. The predicted molar refractivity (Wildman–Crippen MR) is 68.9 cm³/mol. The van der Waals surface area contributed by atoms with Crippen LogP contribution in [0.15, 0.2) is 0 Å². The normalized spacial score (nSPS) is 15.4. The summed E-state index contributed by atoms with van der Waals surface area (Å²) in [5.41, 5.74) is 0. The van der Waals surface area contributed by atoms with E-state index >= 15 is 0 Å². The summed E-state index contributed by atoms with van der Waals surface area (Å²) < 4.78 is 4.62. The van der Waals surface area contributed by atoms with Crippen molar-refractivity contribution in [1.82, 2.24) is 4.98 Å². The molecule has 0 spiro atoms. The fourth-order valence-electron chi connectivity index (χ4n) is 1.76. The van der Waals surface area contributed by atoms with Gasteiger partial charge in [0.25, 0.3) is 0 Å². The molecule has 1 heterocycles.